The Morgan fingerprint density at radius 1 is 1.36 bits per heavy atom. The van der Waals surface area contributed by atoms with Crippen LogP contribution in [0.15, 0.2) is 29.2 Å². The number of hydrogen-bond acceptors (Lipinski definition) is 5. The molecule has 3 N–H and O–H groups in total. The molecule has 25 heavy (non-hydrogen) atoms. The van der Waals surface area contributed by atoms with Crippen LogP contribution in [0.5, 0.6) is 0 Å². The zero-order valence-electron chi connectivity index (χ0n) is 14.4. The number of nitrogens with one attached hydrogen (secondary N) is 3. The van der Waals surface area contributed by atoms with Gasteiger partial charge >= 0.3 is 0 Å². The molecular weight excluding hydrogens is 344 g/mol. The molecule has 0 aromatic heterocycles. The molecule has 8 nitrogen and oxygen atoms in total. The monoisotopic (exact) mass is 368 g/mol. The van der Waals surface area contributed by atoms with Gasteiger partial charge < -0.3 is 16.0 Å². The maximum absolute atomic E-state index is 12.6. The first-order valence-corrected chi connectivity index (χ1v) is 9.57. The number of benzene rings is 1. The minimum absolute atomic E-state index is 0.0316. The average molecular weight is 368 g/mol. The quantitative estimate of drug-likeness (QED) is 0.603. The molecule has 0 saturated carbocycles. The lowest BCUT2D eigenvalue weighted by molar-refractivity contribution is -0.120. The summed E-state index contributed by atoms with van der Waals surface area (Å²) in [7, 11) is -0.854. The number of rotatable bonds is 7. The van der Waals surface area contributed by atoms with E-state index in [0.717, 1.165) is 17.3 Å². The molecule has 1 atom stereocenters. The van der Waals surface area contributed by atoms with E-state index < -0.39 is 10.0 Å². The van der Waals surface area contributed by atoms with Crippen LogP contribution in [-0.2, 0) is 14.8 Å². The highest BCUT2D eigenvalue weighted by molar-refractivity contribution is 7.89. The molecular formula is C16H24N4O4S. The Bertz CT molecular complexity index is 729. The van der Waals surface area contributed by atoms with Gasteiger partial charge in [0.05, 0.1) is 4.90 Å². The predicted molar refractivity (Wildman–Crippen MR) is 93.7 cm³/mol. The lowest BCUT2D eigenvalue weighted by Crippen LogP contribution is -2.36. The first kappa shape index (κ1) is 19.4. The maximum Gasteiger partial charge on any atom is 0.251 e. The summed E-state index contributed by atoms with van der Waals surface area (Å²) < 4.78 is 26.3. The van der Waals surface area contributed by atoms with Crippen molar-refractivity contribution in [3.05, 3.63) is 29.8 Å². The van der Waals surface area contributed by atoms with E-state index in [1.54, 1.807) is 12.1 Å². The van der Waals surface area contributed by atoms with Gasteiger partial charge in [-0.2, -0.15) is 0 Å². The third kappa shape index (κ3) is 5.00. The van der Waals surface area contributed by atoms with E-state index in [2.05, 4.69) is 16.0 Å². The molecule has 2 rings (SSSR count). The largest absolute Gasteiger partial charge is 0.359 e. The summed E-state index contributed by atoms with van der Waals surface area (Å²) in [6.45, 7) is 1.63. The van der Waals surface area contributed by atoms with E-state index in [1.807, 2.05) is 0 Å². The van der Waals surface area contributed by atoms with Gasteiger partial charge in [-0.05, 0) is 31.2 Å². The molecule has 1 aromatic carbocycles. The van der Waals surface area contributed by atoms with Gasteiger partial charge in [0.15, 0.2) is 0 Å². The molecule has 9 heteroatoms. The van der Waals surface area contributed by atoms with E-state index in [-0.39, 0.29) is 35.7 Å². The Hall–Kier alpha value is -1.97. The van der Waals surface area contributed by atoms with Gasteiger partial charge in [0.2, 0.25) is 15.9 Å². The second-order valence-corrected chi connectivity index (χ2v) is 7.99. The van der Waals surface area contributed by atoms with Crippen molar-refractivity contribution in [3.63, 3.8) is 0 Å². The molecule has 1 fully saturated rings. The predicted octanol–water partition coefficient (Wildman–Crippen LogP) is -0.465. The Balaban J connectivity index is 2.10. The molecule has 1 aliphatic rings. The molecule has 1 aromatic rings. The lowest BCUT2D eigenvalue weighted by atomic mass is 10.2. The Labute approximate surface area is 148 Å². The summed E-state index contributed by atoms with van der Waals surface area (Å²) in [5, 5.41) is 8.50. The van der Waals surface area contributed by atoms with Crippen molar-refractivity contribution in [2.45, 2.75) is 23.8 Å². The molecule has 138 valence electrons. The molecule has 0 aliphatic carbocycles. The average Bonchev–Trinajstić information content (AvgIpc) is 3.12. The fourth-order valence-corrected chi connectivity index (χ4v) is 3.75. The van der Waals surface area contributed by atoms with Gasteiger partial charge in [-0.25, -0.2) is 12.7 Å². The third-order valence-electron chi connectivity index (χ3n) is 4.13. The lowest BCUT2D eigenvalue weighted by Gasteiger charge is -2.17. The van der Waals surface area contributed by atoms with Crippen molar-refractivity contribution >= 4 is 21.8 Å². The fraction of sp³-hybridized carbons (Fsp3) is 0.500. The van der Waals surface area contributed by atoms with Gasteiger partial charge in [-0.15, -0.1) is 0 Å². The van der Waals surface area contributed by atoms with Crippen LogP contribution in [0.1, 0.15) is 23.2 Å². The first-order chi connectivity index (χ1) is 11.8. The van der Waals surface area contributed by atoms with Crippen LogP contribution in [0, 0.1) is 0 Å². The Morgan fingerprint density at radius 3 is 2.76 bits per heavy atom. The highest BCUT2D eigenvalue weighted by Crippen LogP contribution is 2.16. The van der Waals surface area contributed by atoms with Crippen molar-refractivity contribution in [2.24, 2.45) is 0 Å². The van der Waals surface area contributed by atoms with Gasteiger partial charge in [-0.1, -0.05) is 6.07 Å². The second-order valence-electron chi connectivity index (χ2n) is 5.94. The van der Waals surface area contributed by atoms with Crippen LogP contribution < -0.4 is 16.0 Å². The summed E-state index contributed by atoms with van der Waals surface area (Å²) in [5.41, 5.74) is 0.299. The van der Waals surface area contributed by atoms with Gasteiger partial charge in [0.1, 0.15) is 0 Å². The molecule has 1 aliphatic heterocycles. The number of sulfonamides is 1. The van der Waals surface area contributed by atoms with Crippen molar-refractivity contribution < 1.29 is 18.0 Å². The van der Waals surface area contributed by atoms with Crippen LogP contribution in [0.4, 0.5) is 0 Å². The highest BCUT2D eigenvalue weighted by Gasteiger charge is 2.23. The number of carbonyl (C=O) groups is 2. The van der Waals surface area contributed by atoms with Crippen LogP contribution in [0.3, 0.4) is 0 Å². The zero-order chi connectivity index (χ0) is 18.4. The summed E-state index contributed by atoms with van der Waals surface area (Å²) in [6.07, 6.45) is 0.924. The molecule has 0 spiro atoms. The van der Waals surface area contributed by atoms with Gasteiger partial charge in [-0.3, -0.25) is 9.59 Å². The Kier molecular flexibility index (Phi) is 6.51. The third-order valence-corrected chi connectivity index (χ3v) is 5.99. The Morgan fingerprint density at radius 2 is 2.12 bits per heavy atom. The molecule has 0 radical (unpaired) electrons. The second kappa shape index (κ2) is 8.41. The topological polar surface area (TPSA) is 108 Å². The number of hydrogen-bond donors (Lipinski definition) is 3. The fourth-order valence-electron chi connectivity index (χ4n) is 2.53. The minimum atomic E-state index is -3.77. The van der Waals surface area contributed by atoms with Crippen LogP contribution in [-0.4, -0.2) is 64.3 Å². The first-order valence-electron chi connectivity index (χ1n) is 8.13. The minimum Gasteiger partial charge on any atom is -0.359 e. The highest BCUT2D eigenvalue weighted by atomic mass is 32.2. The van der Waals surface area contributed by atoms with Crippen LogP contribution >= 0.6 is 0 Å². The molecule has 1 heterocycles. The molecule has 0 bridgehead atoms. The van der Waals surface area contributed by atoms with Crippen LogP contribution in [0.2, 0.25) is 0 Å². The van der Waals surface area contributed by atoms with E-state index in [1.165, 1.54) is 26.2 Å². The van der Waals surface area contributed by atoms with E-state index in [0.29, 0.717) is 12.1 Å². The molecule has 2 amide bonds. The van der Waals surface area contributed by atoms with Crippen molar-refractivity contribution in [2.75, 3.05) is 33.7 Å². The van der Waals surface area contributed by atoms with E-state index >= 15 is 0 Å². The molecule has 1 saturated heterocycles. The smallest absolute Gasteiger partial charge is 0.251 e. The summed E-state index contributed by atoms with van der Waals surface area (Å²) >= 11 is 0. The summed E-state index contributed by atoms with van der Waals surface area (Å²) in [6, 6.07) is 5.99. The summed E-state index contributed by atoms with van der Waals surface area (Å²) in [5.74, 6) is -0.529. The van der Waals surface area contributed by atoms with E-state index in [9.17, 15) is 18.0 Å². The maximum atomic E-state index is 12.6. The van der Waals surface area contributed by atoms with Crippen LogP contribution in [0.25, 0.3) is 0 Å². The standard InChI is InChI=1S/C16H24N4O4S/c1-17-15(21)7-9-20(2)25(23,24)14-5-3-4-12(10-14)16(22)19-13-6-8-18-11-13/h3-5,10,13,18H,6-9,11H2,1-2H3,(H,17,21)(H,19,22)/t13-/m0/s1. The number of nitrogens with zero attached hydrogens (tertiary/aromatic N) is 1. The van der Waals surface area contributed by atoms with Gasteiger partial charge in [0.25, 0.3) is 5.91 Å². The van der Waals surface area contributed by atoms with Gasteiger partial charge in [0, 0.05) is 45.2 Å². The number of amides is 2. The normalized spacial score (nSPS) is 17.5. The zero-order valence-corrected chi connectivity index (χ0v) is 15.2. The SMILES string of the molecule is CNC(=O)CCN(C)S(=O)(=O)c1cccc(C(=O)N[C@H]2CCNC2)c1. The molecule has 0 unspecified atom stereocenters. The van der Waals surface area contributed by atoms with Crippen molar-refractivity contribution in [1.82, 2.24) is 20.3 Å². The summed E-state index contributed by atoms with van der Waals surface area (Å²) in [4.78, 5) is 23.6. The van der Waals surface area contributed by atoms with Crippen molar-refractivity contribution in [1.29, 1.82) is 0 Å². The van der Waals surface area contributed by atoms with E-state index in [4.69, 9.17) is 0 Å². The van der Waals surface area contributed by atoms with Crippen molar-refractivity contribution in [3.8, 4) is 0 Å². The number of carbonyl (C=O) groups excluding carboxylic acids is 2.